The number of nitrogens with one attached hydrogen (secondary N) is 1. The summed E-state index contributed by atoms with van der Waals surface area (Å²) >= 11 is 5.99. The summed E-state index contributed by atoms with van der Waals surface area (Å²) in [5.74, 6) is -0.0854. The van der Waals surface area contributed by atoms with Crippen LogP contribution in [0.2, 0.25) is 0 Å². The topological polar surface area (TPSA) is 84.1 Å². The minimum Gasteiger partial charge on any atom is -0.392 e. The van der Waals surface area contributed by atoms with Crippen LogP contribution in [0.25, 0.3) is 0 Å². The first kappa shape index (κ1) is 13.3. The third-order valence-electron chi connectivity index (χ3n) is 2.89. The molecule has 0 spiro atoms. The summed E-state index contributed by atoms with van der Waals surface area (Å²) < 4.78 is 3.68. The normalized spacial score (nSPS) is 17.6. The second kappa shape index (κ2) is 6.17. The lowest BCUT2D eigenvalue weighted by Gasteiger charge is -2.31. The van der Waals surface area contributed by atoms with E-state index in [0.29, 0.717) is 16.4 Å². The number of hydrogen-bond acceptors (Lipinski definition) is 6. The quantitative estimate of drug-likeness (QED) is 0.759. The molecule has 0 saturated carbocycles. The molecule has 0 aromatic carbocycles. The molecule has 8 heteroatoms. The van der Waals surface area contributed by atoms with E-state index in [1.54, 1.807) is 0 Å². The average molecular weight is 285 g/mol. The number of rotatable bonds is 4. The van der Waals surface area contributed by atoms with Crippen LogP contribution in [-0.2, 0) is 0 Å². The van der Waals surface area contributed by atoms with E-state index in [1.165, 1.54) is 6.20 Å². The average Bonchev–Trinajstić information content (AvgIpc) is 2.84. The Balaban J connectivity index is 1.77. The fourth-order valence-corrected chi connectivity index (χ4v) is 2.58. The molecule has 18 heavy (non-hydrogen) atoms. The summed E-state index contributed by atoms with van der Waals surface area (Å²) in [5.41, 5.74) is 5.51. The summed E-state index contributed by atoms with van der Waals surface area (Å²) in [6.07, 6.45) is 3.32. The highest BCUT2D eigenvalue weighted by Gasteiger charge is 2.21. The van der Waals surface area contributed by atoms with E-state index >= 15 is 0 Å². The molecule has 1 aromatic heterocycles. The van der Waals surface area contributed by atoms with E-state index in [-0.39, 0.29) is 11.9 Å². The van der Waals surface area contributed by atoms with Crippen LogP contribution in [0.1, 0.15) is 22.5 Å². The Hall–Kier alpha value is -1.12. The number of hydrogen-bond donors (Lipinski definition) is 2. The third kappa shape index (κ3) is 3.69. The molecule has 1 aliphatic heterocycles. The molecular formula is C10H15N5OS2. The van der Waals surface area contributed by atoms with Crippen molar-refractivity contribution in [1.29, 1.82) is 0 Å². The zero-order valence-corrected chi connectivity index (χ0v) is 11.5. The van der Waals surface area contributed by atoms with Crippen LogP contribution in [0, 0.1) is 0 Å². The first-order valence-corrected chi connectivity index (χ1v) is 6.92. The van der Waals surface area contributed by atoms with Crippen LogP contribution in [0.3, 0.4) is 0 Å². The minimum atomic E-state index is -0.0854. The maximum Gasteiger partial charge on any atom is 0.264 e. The molecule has 1 fully saturated rings. The van der Waals surface area contributed by atoms with E-state index in [1.807, 2.05) is 0 Å². The van der Waals surface area contributed by atoms with Crippen molar-refractivity contribution >= 4 is 34.6 Å². The largest absolute Gasteiger partial charge is 0.392 e. The first-order valence-electron chi connectivity index (χ1n) is 5.74. The third-order valence-corrected chi connectivity index (χ3v) is 3.68. The number of amides is 1. The number of nitrogens with zero attached hydrogens (tertiary/aromatic N) is 3. The van der Waals surface area contributed by atoms with Crippen molar-refractivity contribution in [1.82, 2.24) is 19.8 Å². The maximum atomic E-state index is 11.8. The predicted octanol–water partition coefficient (Wildman–Crippen LogP) is 0.0184. The second-order valence-corrected chi connectivity index (χ2v) is 5.58. The molecule has 98 valence electrons. The van der Waals surface area contributed by atoms with Gasteiger partial charge in [-0.25, -0.2) is 0 Å². The Labute approximate surface area is 115 Å². The Morgan fingerprint density at radius 2 is 2.33 bits per heavy atom. The van der Waals surface area contributed by atoms with Crippen LogP contribution in [0.4, 0.5) is 0 Å². The van der Waals surface area contributed by atoms with Crippen LogP contribution >= 0.6 is 23.8 Å². The molecule has 0 unspecified atom stereocenters. The Kier molecular flexibility index (Phi) is 4.56. The Morgan fingerprint density at radius 1 is 1.61 bits per heavy atom. The highest BCUT2D eigenvalue weighted by Crippen LogP contribution is 2.11. The van der Waals surface area contributed by atoms with Gasteiger partial charge in [0.25, 0.3) is 5.91 Å². The number of piperidine rings is 1. The minimum absolute atomic E-state index is 0.0854. The molecule has 0 aliphatic carbocycles. The molecule has 1 amide bonds. The van der Waals surface area contributed by atoms with Gasteiger partial charge in [0.15, 0.2) is 0 Å². The zero-order valence-electron chi connectivity index (χ0n) is 9.83. The molecule has 2 heterocycles. The lowest BCUT2D eigenvalue weighted by atomic mass is 10.1. The van der Waals surface area contributed by atoms with Gasteiger partial charge in [0, 0.05) is 25.7 Å². The Morgan fingerprint density at radius 3 is 2.89 bits per heavy atom. The van der Waals surface area contributed by atoms with Crippen LogP contribution in [-0.4, -0.2) is 51.1 Å². The van der Waals surface area contributed by atoms with Gasteiger partial charge in [-0.3, -0.25) is 9.69 Å². The molecule has 6 nitrogen and oxygen atoms in total. The molecular weight excluding hydrogens is 270 g/mol. The van der Waals surface area contributed by atoms with Gasteiger partial charge in [0.2, 0.25) is 0 Å². The van der Waals surface area contributed by atoms with E-state index in [0.717, 1.165) is 37.5 Å². The Bertz CT molecular complexity index is 414. The number of thiocarbonyl (C=S) groups is 1. The molecule has 1 saturated heterocycles. The summed E-state index contributed by atoms with van der Waals surface area (Å²) in [4.78, 5) is 15.1. The molecule has 0 atom stereocenters. The number of carbonyl (C=O) groups is 1. The molecule has 1 aliphatic rings. The molecule has 1 aromatic rings. The highest BCUT2D eigenvalue weighted by molar-refractivity contribution is 7.80. The van der Waals surface area contributed by atoms with Gasteiger partial charge in [0.05, 0.1) is 11.2 Å². The zero-order chi connectivity index (χ0) is 13.0. The van der Waals surface area contributed by atoms with Crippen molar-refractivity contribution in [2.24, 2.45) is 5.73 Å². The number of nitrogens with two attached hydrogens (primary N) is 1. The van der Waals surface area contributed by atoms with Gasteiger partial charge in [-0.2, -0.15) is 0 Å². The van der Waals surface area contributed by atoms with E-state index < -0.39 is 0 Å². The van der Waals surface area contributed by atoms with Gasteiger partial charge in [0.1, 0.15) is 4.88 Å². The van der Waals surface area contributed by atoms with Gasteiger partial charge in [-0.15, -0.1) is 5.10 Å². The van der Waals surface area contributed by atoms with Crippen molar-refractivity contribution in [2.45, 2.75) is 18.9 Å². The predicted molar refractivity (Wildman–Crippen MR) is 73.6 cm³/mol. The standard InChI is InChI=1S/C10H15N5OS2/c11-9(17)6-15-3-1-7(2-4-15)13-10(16)8-5-12-14-18-8/h5,7H,1-4,6H2,(H2,11,17)(H,13,16). The van der Waals surface area contributed by atoms with Crippen molar-refractivity contribution in [3.05, 3.63) is 11.1 Å². The lowest BCUT2D eigenvalue weighted by molar-refractivity contribution is 0.0919. The lowest BCUT2D eigenvalue weighted by Crippen LogP contribution is -2.46. The number of likely N-dealkylation sites (tertiary alicyclic amines) is 1. The smallest absolute Gasteiger partial charge is 0.264 e. The van der Waals surface area contributed by atoms with Crippen LogP contribution < -0.4 is 11.1 Å². The summed E-state index contributed by atoms with van der Waals surface area (Å²) in [6, 6.07) is 0.210. The fraction of sp³-hybridized carbons (Fsp3) is 0.600. The van der Waals surface area contributed by atoms with Gasteiger partial charge in [-0.1, -0.05) is 16.7 Å². The van der Waals surface area contributed by atoms with Crippen LogP contribution in [0.5, 0.6) is 0 Å². The first-order chi connectivity index (χ1) is 8.65. The van der Waals surface area contributed by atoms with E-state index in [4.69, 9.17) is 18.0 Å². The van der Waals surface area contributed by atoms with Crippen molar-refractivity contribution in [3.63, 3.8) is 0 Å². The van der Waals surface area contributed by atoms with Gasteiger partial charge < -0.3 is 11.1 Å². The van der Waals surface area contributed by atoms with Gasteiger partial charge >= 0.3 is 0 Å². The van der Waals surface area contributed by atoms with Crippen molar-refractivity contribution in [3.8, 4) is 0 Å². The number of carbonyl (C=O) groups excluding carboxylic acids is 1. The molecule has 0 radical (unpaired) electrons. The molecule has 0 bridgehead atoms. The summed E-state index contributed by atoms with van der Waals surface area (Å²) in [6.45, 7) is 2.47. The second-order valence-electron chi connectivity index (χ2n) is 4.27. The molecule has 2 rings (SSSR count). The van der Waals surface area contributed by atoms with E-state index in [9.17, 15) is 4.79 Å². The van der Waals surface area contributed by atoms with E-state index in [2.05, 4.69) is 19.8 Å². The monoisotopic (exact) mass is 285 g/mol. The van der Waals surface area contributed by atoms with Crippen molar-refractivity contribution in [2.75, 3.05) is 19.6 Å². The summed E-state index contributed by atoms with van der Waals surface area (Å²) in [5, 5.41) is 6.65. The molecule has 3 N–H and O–H groups in total. The maximum absolute atomic E-state index is 11.8. The highest BCUT2D eigenvalue weighted by atomic mass is 32.1. The van der Waals surface area contributed by atoms with Gasteiger partial charge in [-0.05, 0) is 24.4 Å². The van der Waals surface area contributed by atoms with Crippen molar-refractivity contribution < 1.29 is 4.79 Å². The SMILES string of the molecule is NC(=S)CN1CCC(NC(=O)c2cnns2)CC1. The van der Waals surface area contributed by atoms with Crippen LogP contribution in [0.15, 0.2) is 6.20 Å². The summed E-state index contributed by atoms with van der Waals surface area (Å²) in [7, 11) is 0. The fourth-order valence-electron chi connectivity index (χ4n) is 1.98. The number of aromatic nitrogens is 2.